The number of benzene rings is 2. The second-order valence-corrected chi connectivity index (χ2v) is 9.54. The topological polar surface area (TPSA) is 80.2 Å². The third kappa shape index (κ3) is 3.26. The van der Waals surface area contributed by atoms with Crippen molar-refractivity contribution in [1.82, 2.24) is 0 Å². The van der Waals surface area contributed by atoms with Crippen LogP contribution in [0.4, 0.5) is 5.69 Å². The van der Waals surface area contributed by atoms with Gasteiger partial charge in [0.2, 0.25) is 12.7 Å². The third-order valence-electron chi connectivity index (χ3n) is 6.55. The lowest BCUT2D eigenvalue weighted by molar-refractivity contribution is -0.118. The summed E-state index contributed by atoms with van der Waals surface area (Å²) in [7, 11) is 0. The summed E-state index contributed by atoms with van der Waals surface area (Å²) in [4.78, 5) is 13.3. The van der Waals surface area contributed by atoms with Gasteiger partial charge in [0.25, 0.3) is 0 Å². The first kappa shape index (κ1) is 19.7. The van der Waals surface area contributed by atoms with Crippen LogP contribution in [-0.4, -0.2) is 24.1 Å². The Labute approximate surface area is 181 Å². The minimum atomic E-state index is -0.526. The van der Waals surface area contributed by atoms with Crippen LogP contribution in [-0.2, 0) is 16.6 Å². The van der Waals surface area contributed by atoms with Gasteiger partial charge in [0.1, 0.15) is 0 Å². The normalized spacial score (nSPS) is 18.4. The van der Waals surface area contributed by atoms with Crippen molar-refractivity contribution in [3.63, 3.8) is 0 Å². The van der Waals surface area contributed by atoms with Crippen molar-refractivity contribution in [2.75, 3.05) is 12.1 Å². The number of amides is 1. The monoisotopic (exact) mass is 418 g/mol. The number of rotatable bonds is 4. The number of anilines is 1. The molecule has 0 bridgehead atoms. The molecule has 160 valence electrons. The summed E-state index contributed by atoms with van der Waals surface area (Å²) in [6.07, 6.45) is 3.93. The van der Waals surface area contributed by atoms with Crippen molar-refractivity contribution in [3.8, 4) is 11.5 Å². The SMILES string of the molecule is CC(C)(C)C1=C(/C=N\O)c2cc(NC(=O)C3(c4ccc5c(c4)OCO5)CC3)ccc2C1. The van der Waals surface area contributed by atoms with Crippen molar-refractivity contribution < 1.29 is 19.5 Å². The number of oxime groups is 1. The molecule has 1 fully saturated rings. The molecule has 5 rings (SSSR count). The van der Waals surface area contributed by atoms with Crippen LogP contribution in [0.25, 0.3) is 5.57 Å². The molecule has 6 nitrogen and oxygen atoms in total. The maximum atomic E-state index is 13.3. The van der Waals surface area contributed by atoms with Gasteiger partial charge in [0.05, 0.1) is 11.6 Å². The van der Waals surface area contributed by atoms with Crippen LogP contribution >= 0.6 is 0 Å². The Morgan fingerprint density at radius 1 is 1.13 bits per heavy atom. The Bertz CT molecular complexity index is 1140. The lowest BCUT2D eigenvalue weighted by Crippen LogP contribution is -2.27. The summed E-state index contributed by atoms with van der Waals surface area (Å²) < 4.78 is 10.9. The van der Waals surface area contributed by atoms with E-state index >= 15 is 0 Å². The number of nitrogens with one attached hydrogen (secondary N) is 1. The minimum absolute atomic E-state index is 0.0123. The molecule has 1 amide bonds. The van der Waals surface area contributed by atoms with Crippen LogP contribution in [0.3, 0.4) is 0 Å². The van der Waals surface area contributed by atoms with Crippen molar-refractivity contribution in [3.05, 3.63) is 58.7 Å². The molecule has 2 N–H and O–H groups in total. The average molecular weight is 418 g/mol. The summed E-state index contributed by atoms with van der Waals surface area (Å²) in [6, 6.07) is 11.7. The summed E-state index contributed by atoms with van der Waals surface area (Å²) in [5.74, 6) is 1.40. The number of carbonyl (C=O) groups is 1. The summed E-state index contributed by atoms with van der Waals surface area (Å²) >= 11 is 0. The molecule has 0 unspecified atom stereocenters. The molecule has 1 heterocycles. The zero-order chi connectivity index (χ0) is 21.8. The summed E-state index contributed by atoms with van der Waals surface area (Å²) in [6.45, 7) is 6.69. The van der Waals surface area contributed by atoms with Gasteiger partial charge in [0, 0.05) is 11.3 Å². The molecule has 2 aromatic carbocycles. The lowest BCUT2D eigenvalue weighted by atomic mass is 9.83. The third-order valence-corrected chi connectivity index (χ3v) is 6.55. The largest absolute Gasteiger partial charge is 0.454 e. The number of fused-ring (bicyclic) bond motifs is 2. The Hall–Kier alpha value is -3.28. The number of allylic oxidation sites excluding steroid dienone is 2. The number of carbonyl (C=O) groups excluding carboxylic acids is 1. The molecule has 1 aliphatic heterocycles. The molecule has 31 heavy (non-hydrogen) atoms. The molecule has 0 spiro atoms. The maximum Gasteiger partial charge on any atom is 0.235 e. The van der Waals surface area contributed by atoms with Gasteiger partial charge in [-0.3, -0.25) is 4.79 Å². The fraction of sp³-hybridized carbons (Fsp3) is 0.360. The van der Waals surface area contributed by atoms with Crippen LogP contribution in [0.5, 0.6) is 11.5 Å². The highest BCUT2D eigenvalue weighted by Gasteiger charge is 2.51. The molecule has 6 heteroatoms. The van der Waals surface area contributed by atoms with Crippen molar-refractivity contribution >= 4 is 23.4 Å². The van der Waals surface area contributed by atoms with Gasteiger partial charge in [-0.2, -0.15) is 0 Å². The van der Waals surface area contributed by atoms with Crippen LogP contribution in [0, 0.1) is 5.41 Å². The Morgan fingerprint density at radius 2 is 1.90 bits per heavy atom. The molecule has 2 aliphatic carbocycles. The molecule has 0 aromatic heterocycles. The van der Waals surface area contributed by atoms with E-state index in [1.54, 1.807) is 0 Å². The van der Waals surface area contributed by atoms with Crippen molar-refractivity contribution in [2.45, 2.75) is 45.4 Å². The first-order chi connectivity index (χ1) is 14.8. The zero-order valence-corrected chi connectivity index (χ0v) is 18.0. The second-order valence-electron chi connectivity index (χ2n) is 9.54. The van der Waals surface area contributed by atoms with E-state index < -0.39 is 5.41 Å². The second kappa shape index (κ2) is 6.87. The quantitative estimate of drug-likeness (QED) is 0.420. The van der Waals surface area contributed by atoms with E-state index in [2.05, 4.69) is 37.3 Å². The number of ether oxygens (including phenoxy) is 2. The molecule has 0 radical (unpaired) electrons. The van der Waals surface area contributed by atoms with Gasteiger partial charge in [-0.15, -0.1) is 0 Å². The van der Waals surface area contributed by atoms with Gasteiger partial charge < -0.3 is 20.0 Å². The molecule has 2 aromatic rings. The molecular weight excluding hydrogens is 392 g/mol. The molecular formula is C25H26N2O4. The van der Waals surface area contributed by atoms with E-state index in [0.717, 1.165) is 47.4 Å². The molecule has 0 atom stereocenters. The highest BCUT2D eigenvalue weighted by atomic mass is 16.7. The van der Waals surface area contributed by atoms with Crippen LogP contribution in [0.2, 0.25) is 0 Å². The summed E-state index contributed by atoms with van der Waals surface area (Å²) in [5, 5.41) is 15.6. The lowest BCUT2D eigenvalue weighted by Gasteiger charge is -2.21. The van der Waals surface area contributed by atoms with E-state index in [1.165, 1.54) is 17.4 Å². The first-order valence-corrected chi connectivity index (χ1v) is 10.6. The van der Waals surface area contributed by atoms with Gasteiger partial charge in [-0.25, -0.2) is 0 Å². The fourth-order valence-corrected chi connectivity index (χ4v) is 4.60. The molecule has 0 saturated heterocycles. The average Bonchev–Trinajstić information content (AvgIpc) is 3.27. The minimum Gasteiger partial charge on any atom is -0.454 e. The first-order valence-electron chi connectivity index (χ1n) is 10.6. The van der Waals surface area contributed by atoms with Gasteiger partial charge in [-0.1, -0.05) is 43.6 Å². The predicted octanol–water partition coefficient (Wildman–Crippen LogP) is 4.90. The van der Waals surface area contributed by atoms with E-state index in [-0.39, 0.29) is 18.1 Å². The van der Waals surface area contributed by atoms with E-state index in [0.29, 0.717) is 5.75 Å². The Morgan fingerprint density at radius 3 is 2.61 bits per heavy atom. The van der Waals surface area contributed by atoms with E-state index in [1.807, 2.05) is 30.3 Å². The highest BCUT2D eigenvalue weighted by Crippen LogP contribution is 2.51. The van der Waals surface area contributed by atoms with Gasteiger partial charge in [0.15, 0.2) is 11.5 Å². The molecule has 1 saturated carbocycles. The summed E-state index contributed by atoms with van der Waals surface area (Å²) in [5.41, 5.74) is 5.47. The molecule has 3 aliphatic rings. The smallest absolute Gasteiger partial charge is 0.235 e. The van der Waals surface area contributed by atoms with Crippen molar-refractivity contribution in [2.24, 2.45) is 10.6 Å². The van der Waals surface area contributed by atoms with Gasteiger partial charge >= 0.3 is 0 Å². The highest BCUT2D eigenvalue weighted by molar-refractivity contribution is 6.14. The van der Waals surface area contributed by atoms with E-state index in [9.17, 15) is 10.0 Å². The van der Waals surface area contributed by atoms with Crippen LogP contribution in [0.1, 0.15) is 50.3 Å². The number of nitrogens with zero attached hydrogens (tertiary/aromatic N) is 1. The Kier molecular flexibility index (Phi) is 4.36. The fourth-order valence-electron chi connectivity index (χ4n) is 4.60. The van der Waals surface area contributed by atoms with E-state index in [4.69, 9.17) is 9.47 Å². The van der Waals surface area contributed by atoms with Crippen molar-refractivity contribution in [1.29, 1.82) is 0 Å². The van der Waals surface area contributed by atoms with Gasteiger partial charge in [-0.05, 0) is 65.6 Å². The maximum absolute atomic E-state index is 13.3. The standard InChI is InChI=1S/C25H26N2O4/c1-24(2,3)20-10-15-4-6-17(12-18(15)19(20)13-26-29)27-23(28)25(8-9-25)16-5-7-21-22(11-16)31-14-30-21/h4-7,11-13,29H,8-10,14H2,1-3H3,(H,27,28)/b26-13-. The predicted molar refractivity (Wildman–Crippen MR) is 119 cm³/mol. The zero-order valence-electron chi connectivity index (χ0n) is 18.0. The Balaban J connectivity index is 1.42. The number of hydrogen-bond donors (Lipinski definition) is 2. The van der Waals surface area contributed by atoms with Crippen LogP contribution in [0.15, 0.2) is 47.1 Å². The van der Waals surface area contributed by atoms with Crippen LogP contribution < -0.4 is 14.8 Å². The number of hydrogen-bond acceptors (Lipinski definition) is 5.